The molecule has 3 rings (SSSR count). The molecular formula is C16H22N2O2S. The Balaban J connectivity index is 2.10. The zero-order chi connectivity index (χ0) is 15.2. The number of aryl methyl sites for hydroxylation is 1. The molecule has 1 aromatic carbocycles. The monoisotopic (exact) mass is 306 g/mol. The van der Waals surface area contributed by atoms with Gasteiger partial charge in [-0.05, 0) is 57.6 Å². The van der Waals surface area contributed by atoms with E-state index in [1.807, 2.05) is 6.07 Å². The van der Waals surface area contributed by atoms with E-state index in [4.69, 9.17) is 0 Å². The van der Waals surface area contributed by atoms with Gasteiger partial charge in [0.05, 0.1) is 10.6 Å². The van der Waals surface area contributed by atoms with Crippen molar-refractivity contribution in [2.75, 3.05) is 19.8 Å². The maximum Gasteiger partial charge on any atom is 0.178 e. The topological polar surface area (TPSA) is 42.3 Å². The van der Waals surface area contributed by atoms with E-state index in [0.717, 1.165) is 35.9 Å². The Morgan fingerprint density at radius 2 is 2.05 bits per heavy atom. The number of hydrogen-bond donors (Lipinski definition) is 0. The summed E-state index contributed by atoms with van der Waals surface area (Å²) in [5.41, 5.74) is 2.15. The van der Waals surface area contributed by atoms with Gasteiger partial charge in [-0.15, -0.1) is 0 Å². The molecule has 0 amide bonds. The van der Waals surface area contributed by atoms with Crippen molar-refractivity contribution < 1.29 is 8.42 Å². The van der Waals surface area contributed by atoms with Gasteiger partial charge >= 0.3 is 0 Å². The number of rotatable bonds is 3. The molecule has 1 atom stereocenters. The predicted molar refractivity (Wildman–Crippen MR) is 85.5 cm³/mol. The Morgan fingerprint density at radius 1 is 1.29 bits per heavy atom. The molecule has 0 aliphatic carbocycles. The lowest BCUT2D eigenvalue weighted by Crippen LogP contribution is -2.28. The second-order valence-electron chi connectivity index (χ2n) is 6.18. The highest BCUT2D eigenvalue weighted by Gasteiger charge is 2.25. The van der Waals surface area contributed by atoms with Gasteiger partial charge in [0, 0.05) is 29.7 Å². The zero-order valence-electron chi connectivity index (χ0n) is 12.8. The number of hydrogen-bond acceptors (Lipinski definition) is 3. The van der Waals surface area contributed by atoms with E-state index < -0.39 is 9.84 Å². The summed E-state index contributed by atoms with van der Waals surface area (Å²) in [7, 11) is 1.07. The lowest BCUT2D eigenvalue weighted by Gasteiger charge is -2.21. The van der Waals surface area contributed by atoms with E-state index in [1.165, 1.54) is 0 Å². The SMILES string of the molecule is C[C@H](Cn1ccc2c3c(ccc21)S(=O)(=O)CCC3)N(C)C. The summed E-state index contributed by atoms with van der Waals surface area (Å²) in [6.45, 7) is 3.09. The third-order valence-corrected chi connectivity index (χ3v) is 6.42. The van der Waals surface area contributed by atoms with Crippen LogP contribution in [0.5, 0.6) is 0 Å². The molecule has 2 aromatic rings. The van der Waals surface area contributed by atoms with Crippen LogP contribution in [0.4, 0.5) is 0 Å². The number of likely N-dealkylation sites (N-methyl/N-ethyl adjacent to an activating group) is 1. The number of benzene rings is 1. The quantitative estimate of drug-likeness (QED) is 0.874. The van der Waals surface area contributed by atoms with Gasteiger partial charge in [-0.3, -0.25) is 0 Å². The summed E-state index contributed by atoms with van der Waals surface area (Å²) in [5.74, 6) is 0.282. The van der Waals surface area contributed by atoms with Gasteiger partial charge in [0.25, 0.3) is 0 Å². The normalized spacial score (nSPS) is 18.9. The Labute approximate surface area is 126 Å². The molecule has 5 heteroatoms. The van der Waals surface area contributed by atoms with Crippen LogP contribution in [0.25, 0.3) is 10.9 Å². The summed E-state index contributed by atoms with van der Waals surface area (Å²) in [6, 6.07) is 6.25. The number of sulfone groups is 1. The Kier molecular flexibility index (Phi) is 3.58. The Hall–Kier alpha value is -1.33. The van der Waals surface area contributed by atoms with Crippen LogP contribution in [-0.4, -0.2) is 43.8 Å². The molecule has 1 aliphatic heterocycles. The van der Waals surface area contributed by atoms with Crippen LogP contribution in [-0.2, 0) is 22.8 Å². The molecule has 0 radical (unpaired) electrons. The minimum atomic E-state index is -3.08. The number of aromatic nitrogens is 1. The van der Waals surface area contributed by atoms with Crippen molar-refractivity contribution in [3.05, 3.63) is 30.0 Å². The first-order valence-corrected chi connectivity index (χ1v) is 9.05. The molecule has 0 saturated heterocycles. The fourth-order valence-electron chi connectivity index (χ4n) is 3.02. The van der Waals surface area contributed by atoms with Crippen molar-refractivity contribution in [2.45, 2.75) is 37.2 Å². The van der Waals surface area contributed by atoms with Crippen LogP contribution >= 0.6 is 0 Å². The van der Waals surface area contributed by atoms with Crippen molar-refractivity contribution >= 4 is 20.7 Å². The molecule has 4 nitrogen and oxygen atoms in total. The van der Waals surface area contributed by atoms with Crippen LogP contribution in [0.1, 0.15) is 18.9 Å². The van der Waals surface area contributed by atoms with Crippen LogP contribution in [0.3, 0.4) is 0 Å². The smallest absolute Gasteiger partial charge is 0.178 e. The highest BCUT2D eigenvalue weighted by molar-refractivity contribution is 7.91. The number of fused-ring (bicyclic) bond motifs is 3. The molecule has 114 valence electrons. The van der Waals surface area contributed by atoms with Crippen molar-refractivity contribution in [2.24, 2.45) is 0 Å². The van der Waals surface area contributed by atoms with Gasteiger partial charge in [-0.25, -0.2) is 8.42 Å². The van der Waals surface area contributed by atoms with E-state index in [1.54, 1.807) is 6.07 Å². The van der Waals surface area contributed by atoms with E-state index in [9.17, 15) is 8.42 Å². The van der Waals surface area contributed by atoms with E-state index in [0.29, 0.717) is 10.9 Å². The minimum Gasteiger partial charge on any atom is -0.346 e. The molecule has 0 N–H and O–H groups in total. The molecule has 0 bridgehead atoms. The standard InChI is InChI=1S/C16H22N2O2S/c1-12(17(2)3)11-18-9-8-13-14-5-4-10-21(19,20)16(14)7-6-15(13)18/h6-9,12H,4-5,10-11H2,1-3H3/t12-/m1/s1. The van der Waals surface area contributed by atoms with E-state index in [2.05, 4.69) is 42.7 Å². The Bertz CT molecular complexity index is 775. The molecule has 1 aromatic heterocycles. The maximum atomic E-state index is 12.2. The first-order valence-electron chi connectivity index (χ1n) is 7.40. The van der Waals surface area contributed by atoms with Gasteiger partial charge in [0.2, 0.25) is 0 Å². The van der Waals surface area contributed by atoms with Crippen molar-refractivity contribution in [3.63, 3.8) is 0 Å². The fraction of sp³-hybridized carbons (Fsp3) is 0.500. The van der Waals surface area contributed by atoms with Crippen LogP contribution in [0.2, 0.25) is 0 Å². The summed E-state index contributed by atoms with van der Waals surface area (Å²) < 4.78 is 26.6. The summed E-state index contributed by atoms with van der Waals surface area (Å²) in [5, 5.41) is 1.10. The molecular weight excluding hydrogens is 284 g/mol. The largest absolute Gasteiger partial charge is 0.346 e. The van der Waals surface area contributed by atoms with Gasteiger partial charge in [-0.1, -0.05) is 0 Å². The third kappa shape index (κ3) is 2.49. The lowest BCUT2D eigenvalue weighted by molar-refractivity contribution is 0.286. The minimum absolute atomic E-state index is 0.282. The van der Waals surface area contributed by atoms with Gasteiger partial charge < -0.3 is 9.47 Å². The van der Waals surface area contributed by atoms with Crippen molar-refractivity contribution in [1.29, 1.82) is 0 Å². The third-order valence-electron chi connectivity index (χ3n) is 4.54. The highest BCUT2D eigenvalue weighted by Crippen LogP contribution is 2.32. The molecule has 2 heterocycles. The second-order valence-corrected chi connectivity index (χ2v) is 8.26. The highest BCUT2D eigenvalue weighted by atomic mass is 32.2. The molecule has 0 unspecified atom stereocenters. The summed E-state index contributed by atoms with van der Waals surface area (Å²) >= 11 is 0. The van der Waals surface area contributed by atoms with Gasteiger partial charge in [0.1, 0.15) is 0 Å². The molecule has 1 aliphatic rings. The van der Waals surface area contributed by atoms with Gasteiger partial charge in [-0.2, -0.15) is 0 Å². The predicted octanol–water partition coefficient (Wildman–Crippen LogP) is 2.31. The van der Waals surface area contributed by atoms with Crippen molar-refractivity contribution in [3.8, 4) is 0 Å². The molecule has 0 fully saturated rings. The molecule has 0 saturated carbocycles. The van der Waals surface area contributed by atoms with Crippen LogP contribution in [0.15, 0.2) is 29.3 Å². The molecule has 0 spiro atoms. The van der Waals surface area contributed by atoms with Crippen LogP contribution in [0, 0.1) is 0 Å². The fourth-order valence-corrected chi connectivity index (χ4v) is 4.63. The first-order chi connectivity index (χ1) is 9.90. The Morgan fingerprint density at radius 3 is 2.76 bits per heavy atom. The number of nitrogens with zero attached hydrogens (tertiary/aromatic N) is 2. The van der Waals surface area contributed by atoms with E-state index in [-0.39, 0.29) is 5.75 Å². The maximum absolute atomic E-state index is 12.2. The molecule has 21 heavy (non-hydrogen) atoms. The second kappa shape index (κ2) is 5.14. The summed E-state index contributed by atoms with van der Waals surface area (Å²) in [4.78, 5) is 2.73. The first kappa shape index (κ1) is 14.6. The zero-order valence-corrected chi connectivity index (χ0v) is 13.7. The van der Waals surface area contributed by atoms with Crippen molar-refractivity contribution in [1.82, 2.24) is 9.47 Å². The average molecular weight is 306 g/mol. The lowest BCUT2D eigenvalue weighted by atomic mass is 10.1. The van der Waals surface area contributed by atoms with Gasteiger partial charge in [0.15, 0.2) is 9.84 Å². The average Bonchev–Trinajstić information content (AvgIpc) is 2.82. The van der Waals surface area contributed by atoms with E-state index >= 15 is 0 Å². The summed E-state index contributed by atoms with van der Waals surface area (Å²) in [6.07, 6.45) is 3.67. The van der Waals surface area contributed by atoms with Crippen LogP contribution < -0.4 is 0 Å².